The number of Topliss-reactive ketones (excluding diaryl/α,β-unsaturated/α-hetero) is 1. The molecule has 0 aromatic heterocycles. The highest BCUT2D eigenvalue weighted by molar-refractivity contribution is 5.81. The van der Waals surface area contributed by atoms with Crippen LogP contribution >= 0.6 is 0 Å². The first kappa shape index (κ1) is 31.0. The van der Waals surface area contributed by atoms with Gasteiger partial charge in [-0.2, -0.15) is 0 Å². The Balaban J connectivity index is 1.54. The Labute approximate surface area is 220 Å². The second-order valence-corrected chi connectivity index (χ2v) is 10.3. The fourth-order valence-corrected chi connectivity index (χ4v) is 5.24. The molecule has 6 atom stereocenters. The number of carbonyl (C=O) groups excluding carboxylic acids is 4. The van der Waals surface area contributed by atoms with Gasteiger partial charge in [-0.15, -0.1) is 0 Å². The number of unbranched alkanes of at least 4 members (excludes halogenated alkanes) is 1. The highest BCUT2D eigenvalue weighted by atomic mass is 16.6. The summed E-state index contributed by atoms with van der Waals surface area (Å²) < 4.78 is 16.2. The average Bonchev–Trinajstić information content (AvgIpc) is 2.90. The van der Waals surface area contributed by atoms with Crippen molar-refractivity contribution in [1.29, 1.82) is 0 Å². The molecule has 2 N–H and O–H groups in total. The molecule has 0 heterocycles. The van der Waals surface area contributed by atoms with Gasteiger partial charge in [0.05, 0.1) is 12.7 Å². The summed E-state index contributed by atoms with van der Waals surface area (Å²) in [7, 11) is 1.85. The van der Waals surface area contributed by atoms with Crippen molar-refractivity contribution in [2.24, 2.45) is 11.8 Å². The first-order valence-electron chi connectivity index (χ1n) is 13.8. The Morgan fingerprint density at radius 3 is 2.30 bits per heavy atom. The van der Waals surface area contributed by atoms with E-state index in [0.29, 0.717) is 64.4 Å². The number of hydrogen-bond acceptors (Lipinski definition) is 9. The molecule has 2 rings (SSSR count). The van der Waals surface area contributed by atoms with Crippen LogP contribution in [-0.2, 0) is 33.4 Å². The molecule has 37 heavy (non-hydrogen) atoms. The molecule has 0 spiro atoms. The minimum absolute atomic E-state index is 0.0621. The summed E-state index contributed by atoms with van der Waals surface area (Å²) in [6.07, 6.45) is 7.60. The van der Waals surface area contributed by atoms with Gasteiger partial charge in [-0.1, -0.05) is 13.5 Å². The zero-order valence-corrected chi connectivity index (χ0v) is 22.5. The maximum absolute atomic E-state index is 12.3. The number of ketones is 1. The van der Waals surface area contributed by atoms with Crippen molar-refractivity contribution in [3.63, 3.8) is 0 Å². The highest BCUT2D eigenvalue weighted by Crippen LogP contribution is 2.30. The van der Waals surface area contributed by atoms with Crippen molar-refractivity contribution < 1.29 is 38.5 Å². The largest absolute Gasteiger partial charge is 0.465 e. The van der Waals surface area contributed by atoms with Gasteiger partial charge in [0.25, 0.3) is 0 Å². The average molecular weight is 524 g/mol. The molecule has 0 amide bonds. The number of likely N-dealkylation sites (N-methyl/N-ethyl adjacent to an activating group) is 1. The Hall–Kier alpha value is -2.26. The van der Waals surface area contributed by atoms with Gasteiger partial charge in [-0.25, -0.2) is 4.79 Å². The molecule has 9 nitrogen and oxygen atoms in total. The van der Waals surface area contributed by atoms with Crippen molar-refractivity contribution in [3.8, 4) is 0 Å². The van der Waals surface area contributed by atoms with Gasteiger partial charge in [-0.05, 0) is 76.7 Å². The van der Waals surface area contributed by atoms with Crippen LogP contribution in [-0.4, -0.2) is 66.8 Å². The van der Waals surface area contributed by atoms with Crippen LogP contribution in [0.1, 0.15) is 90.4 Å². The predicted octanol–water partition coefficient (Wildman–Crippen LogP) is 3.41. The third-order valence-corrected chi connectivity index (χ3v) is 7.53. The minimum Gasteiger partial charge on any atom is -0.465 e. The molecular weight excluding hydrogens is 478 g/mol. The maximum Gasteiger partial charge on any atom is 0.330 e. The van der Waals surface area contributed by atoms with E-state index in [9.17, 15) is 24.3 Å². The Morgan fingerprint density at radius 1 is 0.919 bits per heavy atom. The maximum atomic E-state index is 12.3. The minimum atomic E-state index is -0.707. The van der Waals surface area contributed by atoms with E-state index in [1.807, 2.05) is 7.05 Å². The molecule has 0 bridgehead atoms. The van der Waals surface area contributed by atoms with Crippen LogP contribution in [0.15, 0.2) is 12.7 Å². The molecule has 6 unspecified atom stereocenters. The van der Waals surface area contributed by atoms with Crippen molar-refractivity contribution in [3.05, 3.63) is 12.7 Å². The number of nitrogens with one attached hydrogen (secondary N) is 1. The first-order chi connectivity index (χ1) is 17.7. The number of ether oxygens (including phenoxy) is 3. The number of esters is 3. The lowest BCUT2D eigenvalue weighted by Crippen LogP contribution is -2.45. The Bertz CT molecular complexity index is 769. The third-order valence-electron chi connectivity index (χ3n) is 7.53. The van der Waals surface area contributed by atoms with Crippen LogP contribution < -0.4 is 5.32 Å². The molecule has 2 aliphatic carbocycles. The fourth-order valence-electron chi connectivity index (χ4n) is 5.24. The number of aliphatic hydroxyl groups excluding tert-OH is 1. The summed E-state index contributed by atoms with van der Waals surface area (Å²) in [6.45, 7) is 5.51. The van der Waals surface area contributed by atoms with Gasteiger partial charge in [0, 0.05) is 37.8 Å². The molecule has 210 valence electrons. The van der Waals surface area contributed by atoms with Gasteiger partial charge in [0.15, 0.2) is 0 Å². The third kappa shape index (κ3) is 11.3. The Morgan fingerprint density at radius 2 is 1.62 bits per heavy atom. The van der Waals surface area contributed by atoms with E-state index in [0.717, 1.165) is 31.8 Å². The predicted molar refractivity (Wildman–Crippen MR) is 137 cm³/mol. The van der Waals surface area contributed by atoms with Gasteiger partial charge in [0.2, 0.25) is 0 Å². The highest BCUT2D eigenvalue weighted by Gasteiger charge is 2.33. The summed E-state index contributed by atoms with van der Waals surface area (Å²) >= 11 is 0. The van der Waals surface area contributed by atoms with E-state index in [4.69, 9.17) is 14.2 Å². The number of rotatable bonds is 15. The Kier molecular flexibility index (Phi) is 13.9. The van der Waals surface area contributed by atoms with E-state index >= 15 is 0 Å². The molecule has 0 radical (unpaired) electrons. The van der Waals surface area contributed by atoms with E-state index < -0.39 is 18.2 Å². The summed E-state index contributed by atoms with van der Waals surface area (Å²) in [5.41, 5.74) is 0. The van der Waals surface area contributed by atoms with Gasteiger partial charge in [0.1, 0.15) is 18.0 Å². The van der Waals surface area contributed by atoms with E-state index in [1.165, 1.54) is 0 Å². The number of aliphatic hydroxyl groups is 1. The van der Waals surface area contributed by atoms with Crippen LogP contribution in [0.4, 0.5) is 0 Å². The summed E-state index contributed by atoms with van der Waals surface area (Å²) in [5.74, 6) is -0.310. The van der Waals surface area contributed by atoms with Crippen molar-refractivity contribution in [2.45, 2.75) is 115 Å². The molecule has 0 saturated heterocycles. The number of hydrogen-bond donors (Lipinski definition) is 2. The lowest BCUT2D eigenvalue weighted by molar-refractivity contribution is -0.154. The molecule has 0 aromatic carbocycles. The molecule has 2 aliphatic rings. The molecule has 9 heteroatoms. The zero-order valence-electron chi connectivity index (χ0n) is 22.5. The second kappa shape index (κ2) is 16.6. The van der Waals surface area contributed by atoms with Gasteiger partial charge >= 0.3 is 17.9 Å². The summed E-state index contributed by atoms with van der Waals surface area (Å²) in [5, 5.41) is 13.4. The lowest BCUT2D eigenvalue weighted by Gasteiger charge is -2.35. The first-order valence-corrected chi connectivity index (χ1v) is 13.8. The van der Waals surface area contributed by atoms with Gasteiger partial charge in [-0.3, -0.25) is 14.4 Å². The molecule has 0 aromatic rings. The topological polar surface area (TPSA) is 128 Å². The fraction of sp³-hybridized carbons (Fsp3) is 0.786. The smallest absolute Gasteiger partial charge is 0.330 e. The van der Waals surface area contributed by atoms with Crippen LogP contribution in [0.5, 0.6) is 0 Å². The van der Waals surface area contributed by atoms with Crippen molar-refractivity contribution >= 4 is 23.7 Å². The zero-order chi connectivity index (χ0) is 27.2. The summed E-state index contributed by atoms with van der Waals surface area (Å²) in [4.78, 5) is 47.4. The normalized spacial score (nSPS) is 27.6. The van der Waals surface area contributed by atoms with Crippen molar-refractivity contribution in [1.82, 2.24) is 5.32 Å². The van der Waals surface area contributed by atoms with Crippen LogP contribution in [0, 0.1) is 11.8 Å². The molecule has 2 fully saturated rings. The van der Waals surface area contributed by atoms with Crippen LogP contribution in [0.2, 0.25) is 0 Å². The van der Waals surface area contributed by atoms with E-state index in [1.54, 1.807) is 6.92 Å². The second-order valence-electron chi connectivity index (χ2n) is 10.3. The molecule has 2 saturated carbocycles. The van der Waals surface area contributed by atoms with Crippen LogP contribution in [0.25, 0.3) is 0 Å². The molecule has 0 aliphatic heterocycles. The molecular formula is C28H45NO8. The number of carbonyl (C=O) groups is 4. The summed E-state index contributed by atoms with van der Waals surface area (Å²) in [6, 6.07) is 0.0621. The monoisotopic (exact) mass is 523 g/mol. The van der Waals surface area contributed by atoms with Crippen molar-refractivity contribution in [2.75, 3.05) is 13.7 Å². The van der Waals surface area contributed by atoms with Crippen LogP contribution in [0.3, 0.4) is 0 Å². The lowest BCUT2D eigenvalue weighted by atomic mass is 9.82. The standard InChI is InChI=1S/C28H45NO8/c1-4-26(32)36-24-14-12-20(16-22(24)29-3)18-35-28(34)9-7-6-8-21(30)13-10-19-11-15-25(23(31)17-19)37-27(33)5-2/h5,19-20,22-25,29,31H,2,4,6-18H2,1,3H3. The quantitative estimate of drug-likeness (QED) is 0.144. The van der Waals surface area contributed by atoms with E-state index in [2.05, 4.69) is 11.9 Å². The van der Waals surface area contributed by atoms with Gasteiger partial charge < -0.3 is 24.6 Å². The SMILES string of the molecule is C=CC(=O)OC1CCC(CCC(=O)CCCCC(=O)OCC2CCC(OC(=O)CC)C(NC)C2)CC1O. The van der Waals surface area contributed by atoms with E-state index in [-0.39, 0.29) is 41.7 Å².